The number of pyridine rings is 1. The number of benzene rings is 1. The normalized spacial score (nSPS) is 10.7. The van der Waals surface area contributed by atoms with E-state index >= 15 is 0 Å². The Morgan fingerprint density at radius 1 is 1.05 bits per heavy atom. The Hall–Kier alpha value is -2.82. The third-order valence-corrected chi connectivity index (χ3v) is 2.86. The number of hydrogen-bond acceptors (Lipinski definition) is 5. The SMILES string of the molecule is O=c1cc(-c2ccncc2)c2ccc(O)c(O)c2o1. The Bertz CT molecular complexity index is 809. The van der Waals surface area contributed by atoms with Crippen LogP contribution >= 0.6 is 0 Å². The van der Waals surface area contributed by atoms with Crippen LogP contribution in [0.25, 0.3) is 22.1 Å². The van der Waals surface area contributed by atoms with Gasteiger partial charge in [-0.3, -0.25) is 4.98 Å². The highest BCUT2D eigenvalue weighted by atomic mass is 16.4. The van der Waals surface area contributed by atoms with Crippen LogP contribution in [0.1, 0.15) is 0 Å². The van der Waals surface area contributed by atoms with Crippen LogP contribution in [0.5, 0.6) is 11.5 Å². The van der Waals surface area contributed by atoms with E-state index in [-0.39, 0.29) is 11.3 Å². The fourth-order valence-corrected chi connectivity index (χ4v) is 1.97. The van der Waals surface area contributed by atoms with Gasteiger partial charge in [0.25, 0.3) is 0 Å². The first-order chi connectivity index (χ1) is 9.16. The summed E-state index contributed by atoms with van der Waals surface area (Å²) in [5, 5.41) is 19.7. The minimum atomic E-state index is -0.597. The Kier molecular flexibility index (Phi) is 2.45. The van der Waals surface area contributed by atoms with Crippen molar-refractivity contribution in [3.05, 3.63) is 53.1 Å². The molecular weight excluding hydrogens is 246 g/mol. The van der Waals surface area contributed by atoms with Gasteiger partial charge in [0.15, 0.2) is 11.3 Å². The minimum Gasteiger partial charge on any atom is -0.504 e. The molecule has 0 fully saturated rings. The number of phenols is 2. The van der Waals surface area contributed by atoms with E-state index in [9.17, 15) is 15.0 Å². The number of aromatic nitrogens is 1. The number of hydrogen-bond donors (Lipinski definition) is 2. The number of rotatable bonds is 1. The fraction of sp³-hybridized carbons (Fsp3) is 0. The van der Waals surface area contributed by atoms with Crippen LogP contribution in [-0.4, -0.2) is 15.2 Å². The predicted octanol–water partition coefficient (Wildman–Crippen LogP) is 2.27. The monoisotopic (exact) mass is 255 g/mol. The van der Waals surface area contributed by atoms with Crippen LogP contribution in [0.15, 0.2) is 51.9 Å². The average molecular weight is 255 g/mol. The zero-order valence-corrected chi connectivity index (χ0v) is 9.70. The van der Waals surface area contributed by atoms with Crippen molar-refractivity contribution in [3.63, 3.8) is 0 Å². The van der Waals surface area contributed by atoms with Crippen molar-refractivity contribution in [1.29, 1.82) is 0 Å². The first-order valence-corrected chi connectivity index (χ1v) is 5.56. The molecule has 1 aromatic carbocycles. The highest BCUT2D eigenvalue weighted by Gasteiger charge is 2.13. The molecule has 3 aromatic rings. The molecule has 5 heteroatoms. The molecule has 0 saturated carbocycles. The lowest BCUT2D eigenvalue weighted by Gasteiger charge is -2.07. The van der Waals surface area contributed by atoms with Gasteiger partial charge in [-0.05, 0) is 29.8 Å². The summed E-state index contributed by atoms with van der Waals surface area (Å²) < 4.78 is 4.95. The minimum absolute atomic E-state index is 0.0284. The van der Waals surface area contributed by atoms with E-state index in [2.05, 4.69) is 4.98 Å². The lowest BCUT2D eigenvalue weighted by atomic mass is 10.0. The topological polar surface area (TPSA) is 83.6 Å². The molecule has 0 aliphatic carbocycles. The summed E-state index contributed by atoms with van der Waals surface area (Å²) in [6.45, 7) is 0. The largest absolute Gasteiger partial charge is 0.504 e. The lowest BCUT2D eigenvalue weighted by Crippen LogP contribution is -1.98. The Morgan fingerprint density at radius 3 is 2.53 bits per heavy atom. The van der Waals surface area contributed by atoms with Gasteiger partial charge in [0.1, 0.15) is 0 Å². The Labute approximate surface area is 107 Å². The van der Waals surface area contributed by atoms with E-state index in [1.54, 1.807) is 30.6 Å². The lowest BCUT2D eigenvalue weighted by molar-refractivity contribution is 0.397. The number of phenolic OH excluding ortho intramolecular Hbond substituents is 2. The second-order valence-corrected chi connectivity index (χ2v) is 4.02. The van der Waals surface area contributed by atoms with Gasteiger partial charge in [0.05, 0.1) is 0 Å². The van der Waals surface area contributed by atoms with Crippen molar-refractivity contribution >= 4 is 11.0 Å². The molecule has 2 N–H and O–H groups in total. The second-order valence-electron chi connectivity index (χ2n) is 4.02. The van der Waals surface area contributed by atoms with Crippen LogP contribution < -0.4 is 5.63 Å². The van der Waals surface area contributed by atoms with E-state index in [1.807, 2.05) is 0 Å². The van der Waals surface area contributed by atoms with Gasteiger partial charge >= 0.3 is 5.63 Å². The maximum atomic E-state index is 11.6. The van der Waals surface area contributed by atoms with Crippen molar-refractivity contribution in [2.45, 2.75) is 0 Å². The van der Waals surface area contributed by atoms with Crippen LogP contribution in [0, 0.1) is 0 Å². The molecular formula is C14H9NO4. The highest BCUT2D eigenvalue weighted by Crippen LogP contribution is 2.36. The van der Waals surface area contributed by atoms with Crippen LogP contribution in [0.2, 0.25) is 0 Å². The molecule has 0 amide bonds. The molecule has 0 radical (unpaired) electrons. The molecule has 0 atom stereocenters. The van der Waals surface area contributed by atoms with Gasteiger partial charge in [0.2, 0.25) is 5.75 Å². The molecule has 5 nitrogen and oxygen atoms in total. The zero-order chi connectivity index (χ0) is 13.4. The van der Waals surface area contributed by atoms with E-state index in [0.29, 0.717) is 10.9 Å². The molecule has 0 bridgehead atoms. The van der Waals surface area contributed by atoms with Gasteiger partial charge in [0, 0.05) is 29.4 Å². The quantitative estimate of drug-likeness (QED) is 0.514. The zero-order valence-electron chi connectivity index (χ0n) is 9.70. The summed E-state index contributed by atoms with van der Waals surface area (Å²) in [6.07, 6.45) is 3.21. The third-order valence-electron chi connectivity index (χ3n) is 2.86. The Balaban J connectivity index is 2.44. The molecule has 94 valence electrons. The summed E-state index contributed by atoms with van der Waals surface area (Å²) in [5.74, 6) is -0.770. The van der Waals surface area contributed by atoms with E-state index in [4.69, 9.17) is 4.42 Å². The van der Waals surface area contributed by atoms with Crippen molar-refractivity contribution < 1.29 is 14.6 Å². The molecule has 0 aliphatic heterocycles. The molecule has 2 aromatic heterocycles. The predicted molar refractivity (Wildman–Crippen MR) is 69.0 cm³/mol. The Morgan fingerprint density at radius 2 is 1.79 bits per heavy atom. The average Bonchev–Trinajstić information content (AvgIpc) is 2.44. The summed E-state index contributed by atoms with van der Waals surface area (Å²) >= 11 is 0. The third kappa shape index (κ3) is 1.81. The van der Waals surface area contributed by atoms with Crippen LogP contribution in [0.3, 0.4) is 0 Å². The second kappa shape index (κ2) is 4.13. The van der Waals surface area contributed by atoms with Gasteiger partial charge in [-0.1, -0.05) is 0 Å². The number of fused-ring (bicyclic) bond motifs is 1. The summed E-state index contributed by atoms with van der Waals surface area (Å²) in [5.41, 5.74) is 0.765. The van der Waals surface area contributed by atoms with Crippen molar-refractivity contribution in [2.24, 2.45) is 0 Å². The molecule has 19 heavy (non-hydrogen) atoms. The number of nitrogens with zero attached hydrogens (tertiary/aromatic N) is 1. The highest BCUT2D eigenvalue weighted by molar-refractivity contribution is 5.96. The molecule has 3 rings (SSSR count). The van der Waals surface area contributed by atoms with Gasteiger partial charge in [-0.2, -0.15) is 0 Å². The van der Waals surface area contributed by atoms with Crippen molar-refractivity contribution in [2.75, 3.05) is 0 Å². The number of aromatic hydroxyl groups is 2. The van der Waals surface area contributed by atoms with Gasteiger partial charge in [-0.25, -0.2) is 4.79 Å². The van der Waals surface area contributed by atoms with Crippen LogP contribution in [-0.2, 0) is 0 Å². The first-order valence-electron chi connectivity index (χ1n) is 5.56. The van der Waals surface area contributed by atoms with E-state index in [0.717, 1.165) is 5.56 Å². The summed E-state index contributed by atoms with van der Waals surface area (Å²) in [7, 11) is 0. The van der Waals surface area contributed by atoms with E-state index < -0.39 is 11.4 Å². The maximum absolute atomic E-state index is 11.6. The molecule has 2 heterocycles. The van der Waals surface area contributed by atoms with Crippen molar-refractivity contribution in [3.8, 4) is 22.6 Å². The standard InChI is InChI=1S/C14H9NO4/c16-11-2-1-9-10(8-3-5-15-6-4-8)7-12(17)19-14(9)13(11)18/h1-7,16,18H. The molecule has 0 saturated heterocycles. The smallest absolute Gasteiger partial charge is 0.336 e. The maximum Gasteiger partial charge on any atom is 0.336 e. The van der Waals surface area contributed by atoms with E-state index in [1.165, 1.54) is 12.1 Å². The van der Waals surface area contributed by atoms with Crippen LogP contribution in [0.4, 0.5) is 0 Å². The summed E-state index contributed by atoms with van der Waals surface area (Å²) in [4.78, 5) is 15.5. The van der Waals surface area contributed by atoms with Gasteiger partial charge < -0.3 is 14.6 Å². The van der Waals surface area contributed by atoms with Crippen molar-refractivity contribution in [1.82, 2.24) is 4.98 Å². The van der Waals surface area contributed by atoms with Gasteiger partial charge in [-0.15, -0.1) is 0 Å². The summed E-state index contributed by atoms with van der Waals surface area (Å²) in [6, 6.07) is 7.77. The fourth-order valence-electron chi connectivity index (χ4n) is 1.97. The first kappa shape index (κ1) is 11.3. The molecule has 0 unspecified atom stereocenters. The molecule has 0 spiro atoms. The molecule has 0 aliphatic rings.